The molecule has 0 heterocycles. The largest absolute Gasteiger partial charge is 0.491 e. The van der Waals surface area contributed by atoms with E-state index < -0.39 is 0 Å². The summed E-state index contributed by atoms with van der Waals surface area (Å²) in [6, 6.07) is 13.7. The van der Waals surface area contributed by atoms with Crippen LogP contribution >= 0.6 is 0 Å². The lowest BCUT2D eigenvalue weighted by molar-refractivity contribution is 0.247. The molecule has 4 heteroatoms. The summed E-state index contributed by atoms with van der Waals surface area (Å²) in [7, 11) is 0. The zero-order chi connectivity index (χ0) is 16.7. The van der Waals surface area contributed by atoms with Gasteiger partial charge in [-0.05, 0) is 49.1 Å². The Bertz CT molecular complexity index is 631. The van der Waals surface area contributed by atoms with Crippen molar-refractivity contribution in [2.75, 3.05) is 18.5 Å². The summed E-state index contributed by atoms with van der Waals surface area (Å²) in [6.45, 7) is 7.02. The molecule has 0 aromatic heterocycles. The van der Waals surface area contributed by atoms with E-state index in [0.717, 1.165) is 29.0 Å². The topological polar surface area (TPSA) is 50.4 Å². The second-order valence-electron chi connectivity index (χ2n) is 5.50. The molecule has 2 rings (SSSR count). The average molecular weight is 312 g/mol. The number of amides is 2. The molecule has 0 aliphatic rings. The number of urea groups is 1. The van der Waals surface area contributed by atoms with Gasteiger partial charge in [-0.3, -0.25) is 0 Å². The van der Waals surface area contributed by atoms with Gasteiger partial charge in [0.25, 0.3) is 0 Å². The number of aryl methyl sites for hydroxylation is 3. The van der Waals surface area contributed by atoms with Crippen molar-refractivity contribution in [3.05, 3.63) is 59.2 Å². The van der Waals surface area contributed by atoms with Crippen LogP contribution in [0, 0.1) is 13.8 Å². The summed E-state index contributed by atoms with van der Waals surface area (Å²) in [5.41, 5.74) is 4.24. The molecule has 0 spiro atoms. The highest BCUT2D eigenvalue weighted by Crippen LogP contribution is 2.21. The molecular formula is C19H24N2O2. The molecule has 2 N–H and O–H groups in total. The minimum Gasteiger partial charge on any atom is -0.491 e. The molecule has 23 heavy (non-hydrogen) atoms. The van der Waals surface area contributed by atoms with Crippen LogP contribution in [-0.4, -0.2) is 19.2 Å². The Morgan fingerprint density at radius 1 is 1.04 bits per heavy atom. The number of benzene rings is 2. The number of carbonyl (C=O) groups is 1. The number of hydrogen-bond acceptors (Lipinski definition) is 2. The van der Waals surface area contributed by atoms with Crippen LogP contribution in [0.25, 0.3) is 0 Å². The van der Waals surface area contributed by atoms with Crippen molar-refractivity contribution in [3.8, 4) is 5.75 Å². The molecule has 0 aliphatic heterocycles. The van der Waals surface area contributed by atoms with E-state index in [4.69, 9.17) is 4.74 Å². The molecule has 0 fully saturated rings. The van der Waals surface area contributed by atoms with Crippen molar-refractivity contribution >= 4 is 11.7 Å². The van der Waals surface area contributed by atoms with Gasteiger partial charge in [-0.2, -0.15) is 0 Å². The van der Waals surface area contributed by atoms with Crippen LogP contribution in [-0.2, 0) is 6.42 Å². The minimum atomic E-state index is -0.223. The highest BCUT2D eigenvalue weighted by Gasteiger charge is 2.04. The minimum absolute atomic E-state index is 0.223. The van der Waals surface area contributed by atoms with Crippen molar-refractivity contribution < 1.29 is 9.53 Å². The van der Waals surface area contributed by atoms with Crippen molar-refractivity contribution in [3.63, 3.8) is 0 Å². The monoisotopic (exact) mass is 312 g/mol. The summed E-state index contributed by atoms with van der Waals surface area (Å²) < 4.78 is 5.76. The third kappa shape index (κ3) is 5.02. The van der Waals surface area contributed by atoms with Crippen LogP contribution in [0.1, 0.15) is 23.6 Å². The number of nitrogens with one attached hydrogen (secondary N) is 2. The standard InChI is InChI=1S/C19H24N2O2/c1-4-16-8-10-17(11-9-16)21-19(22)20-12-13-23-18-14(2)6-5-7-15(18)3/h5-11H,4,12-13H2,1-3H3,(H2,20,21,22). The van der Waals surface area contributed by atoms with Crippen molar-refractivity contribution in [2.45, 2.75) is 27.2 Å². The zero-order valence-corrected chi connectivity index (χ0v) is 14.0. The number of anilines is 1. The molecule has 0 unspecified atom stereocenters. The zero-order valence-electron chi connectivity index (χ0n) is 14.0. The van der Waals surface area contributed by atoms with Crippen molar-refractivity contribution in [2.24, 2.45) is 0 Å². The van der Waals surface area contributed by atoms with E-state index in [1.54, 1.807) is 0 Å². The first-order chi connectivity index (χ1) is 11.1. The third-order valence-electron chi connectivity index (χ3n) is 3.66. The first kappa shape index (κ1) is 16.9. The number of para-hydroxylation sites is 1. The second-order valence-corrected chi connectivity index (χ2v) is 5.50. The molecule has 0 aliphatic carbocycles. The van der Waals surface area contributed by atoms with E-state index in [1.807, 2.05) is 56.3 Å². The fourth-order valence-corrected chi connectivity index (χ4v) is 2.34. The highest BCUT2D eigenvalue weighted by molar-refractivity contribution is 5.89. The maximum absolute atomic E-state index is 11.8. The van der Waals surface area contributed by atoms with Gasteiger partial charge in [-0.15, -0.1) is 0 Å². The van der Waals surface area contributed by atoms with Gasteiger partial charge in [0.1, 0.15) is 12.4 Å². The van der Waals surface area contributed by atoms with Crippen LogP contribution in [0.2, 0.25) is 0 Å². The van der Waals surface area contributed by atoms with Crippen LogP contribution in [0.4, 0.5) is 10.5 Å². The van der Waals surface area contributed by atoms with Crippen molar-refractivity contribution in [1.82, 2.24) is 5.32 Å². The highest BCUT2D eigenvalue weighted by atomic mass is 16.5. The Labute approximate surface area is 137 Å². The molecule has 0 radical (unpaired) electrons. The summed E-state index contributed by atoms with van der Waals surface area (Å²) >= 11 is 0. The van der Waals surface area contributed by atoms with E-state index >= 15 is 0 Å². The maximum atomic E-state index is 11.8. The third-order valence-corrected chi connectivity index (χ3v) is 3.66. The number of rotatable bonds is 6. The number of hydrogen-bond donors (Lipinski definition) is 2. The van der Waals surface area contributed by atoms with Gasteiger partial charge in [0, 0.05) is 5.69 Å². The van der Waals surface area contributed by atoms with Crippen LogP contribution in [0.3, 0.4) is 0 Å². The van der Waals surface area contributed by atoms with E-state index in [9.17, 15) is 4.79 Å². The molecule has 0 saturated heterocycles. The SMILES string of the molecule is CCc1ccc(NC(=O)NCCOc2c(C)cccc2C)cc1. The fourth-order valence-electron chi connectivity index (χ4n) is 2.34. The summed E-state index contributed by atoms with van der Waals surface area (Å²) in [4.78, 5) is 11.8. The Hall–Kier alpha value is -2.49. The molecule has 4 nitrogen and oxygen atoms in total. The lowest BCUT2D eigenvalue weighted by Crippen LogP contribution is -2.32. The first-order valence-electron chi connectivity index (χ1n) is 7.93. The van der Waals surface area contributed by atoms with Crippen LogP contribution in [0.15, 0.2) is 42.5 Å². The molecule has 0 bridgehead atoms. The predicted molar refractivity (Wildman–Crippen MR) is 94.3 cm³/mol. The number of carbonyl (C=O) groups excluding carboxylic acids is 1. The molecule has 122 valence electrons. The maximum Gasteiger partial charge on any atom is 0.319 e. The Kier molecular flexibility index (Phi) is 6.03. The second kappa shape index (κ2) is 8.22. The summed E-state index contributed by atoms with van der Waals surface area (Å²) in [6.07, 6.45) is 0.988. The van der Waals surface area contributed by atoms with E-state index in [0.29, 0.717) is 13.2 Å². The Morgan fingerprint density at radius 3 is 2.30 bits per heavy atom. The van der Waals surface area contributed by atoms with Crippen molar-refractivity contribution in [1.29, 1.82) is 0 Å². The lowest BCUT2D eigenvalue weighted by atomic mass is 10.1. The van der Waals surface area contributed by atoms with Gasteiger partial charge in [0.15, 0.2) is 0 Å². The molecule has 2 amide bonds. The van der Waals surface area contributed by atoms with E-state index in [1.165, 1.54) is 5.56 Å². The van der Waals surface area contributed by atoms with Crippen LogP contribution < -0.4 is 15.4 Å². The number of ether oxygens (including phenoxy) is 1. The average Bonchev–Trinajstić information content (AvgIpc) is 2.54. The molecule has 2 aromatic carbocycles. The molecule has 0 atom stereocenters. The van der Waals surface area contributed by atoms with Gasteiger partial charge < -0.3 is 15.4 Å². The normalized spacial score (nSPS) is 10.2. The molecule has 0 saturated carbocycles. The fraction of sp³-hybridized carbons (Fsp3) is 0.316. The summed E-state index contributed by atoms with van der Waals surface area (Å²) in [5.74, 6) is 0.893. The Morgan fingerprint density at radius 2 is 1.70 bits per heavy atom. The van der Waals surface area contributed by atoms with Gasteiger partial charge in [0.05, 0.1) is 6.54 Å². The lowest BCUT2D eigenvalue weighted by Gasteiger charge is -2.12. The first-order valence-corrected chi connectivity index (χ1v) is 7.93. The van der Waals surface area contributed by atoms with E-state index in [2.05, 4.69) is 17.6 Å². The van der Waals surface area contributed by atoms with E-state index in [-0.39, 0.29) is 6.03 Å². The molecular weight excluding hydrogens is 288 g/mol. The predicted octanol–water partition coefficient (Wildman–Crippen LogP) is 4.07. The Balaban J connectivity index is 1.74. The molecule has 2 aromatic rings. The van der Waals surface area contributed by atoms with Gasteiger partial charge >= 0.3 is 6.03 Å². The van der Waals surface area contributed by atoms with Gasteiger partial charge in [0.2, 0.25) is 0 Å². The summed E-state index contributed by atoms with van der Waals surface area (Å²) in [5, 5.41) is 5.60. The quantitative estimate of drug-likeness (QED) is 0.790. The smallest absolute Gasteiger partial charge is 0.319 e. The van der Waals surface area contributed by atoms with Gasteiger partial charge in [-0.1, -0.05) is 37.3 Å². The van der Waals surface area contributed by atoms with Crippen LogP contribution in [0.5, 0.6) is 5.75 Å². The van der Waals surface area contributed by atoms with Gasteiger partial charge in [-0.25, -0.2) is 4.79 Å².